The molecule has 4 rings (SSSR count). The first kappa shape index (κ1) is 15.9. The number of aryl methyl sites for hydroxylation is 1. The molecule has 6 nitrogen and oxygen atoms in total. The van der Waals surface area contributed by atoms with Crippen molar-refractivity contribution in [3.05, 3.63) is 48.2 Å². The molecule has 4 heterocycles. The van der Waals surface area contributed by atoms with Crippen molar-refractivity contribution in [2.45, 2.75) is 37.8 Å². The first-order valence-corrected chi connectivity index (χ1v) is 9.92. The van der Waals surface area contributed by atoms with Gasteiger partial charge >= 0.3 is 0 Å². The van der Waals surface area contributed by atoms with Crippen molar-refractivity contribution < 1.29 is 12.8 Å². The lowest BCUT2D eigenvalue weighted by Gasteiger charge is -2.31. The van der Waals surface area contributed by atoms with Crippen LogP contribution < -0.4 is 0 Å². The lowest BCUT2D eigenvalue weighted by molar-refractivity contribution is 0.292. The Labute approximate surface area is 142 Å². The van der Waals surface area contributed by atoms with Crippen LogP contribution in [-0.4, -0.2) is 34.7 Å². The minimum atomic E-state index is -3.51. The highest BCUT2D eigenvalue weighted by atomic mass is 32.2. The molecule has 0 unspecified atom stereocenters. The van der Waals surface area contributed by atoms with Crippen LogP contribution in [-0.2, 0) is 17.3 Å². The fraction of sp³-hybridized carbons (Fsp3) is 0.529. The molecule has 0 aliphatic carbocycles. The highest BCUT2D eigenvalue weighted by Gasteiger charge is 2.44. The third-order valence-corrected chi connectivity index (χ3v) is 7.26. The molecule has 2 atom stereocenters. The molecule has 130 valence electrons. The van der Waals surface area contributed by atoms with Crippen molar-refractivity contribution in [3.8, 4) is 0 Å². The van der Waals surface area contributed by atoms with Crippen molar-refractivity contribution >= 4 is 10.2 Å². The van der Waals surface area contributed by atoms with Gasteiger partial charge in [0.2, 0.25) is 0 Å². The molecule has 7 heteroatoms. The summed E-state index contributed by atoms with van der Waals surface area (Å²) in [5.41, 5.74) is 1.06. The topological polar surface area (TPSA) is 58.7 Å². The van der Waals surface area contributed by atoms with Crippen LogP contribution in [0.3, 0.4) is 0 Å². The van der Waals surface area contributed by atoms with E-state index in [1.165, 1.54) is 0 Å². The lowest BCUT2D eigenvalue weighted by atomic mass is 10.1. The molecule has 0 saturated carbocycles. The van der Waals surface area contributed by atoms with Crippen molar-refractivity contribution in [1.29, 1.82) is 0 Å². The van der Waals surface area contributed by atoms with Gasteiger partial charge in [-0.2, -0.15) is 17.0 Å². The zero-order valence-corrected chi connectivity index (χ0v) is 14.7. The molecule has 2 fully saturated rings. The highest BCUT2D eigenvalue weighted by molar-refractivity contribution is 7.86. The highest BCUT2D eigenvalue weighted by Crippen LogP contribution is 2.40. The number of rotatable bonds is 4. The molecule has 0 radical (unpaired) electrons. The van der Waals surface area contributed by atoms with E-state index in [1.807, 2.05) is 42.1 Å². The largest absolute Gasteiger partial charge is 0.468 e. The minimum Gasteiger partial charge on any atom is -0.468 e. The quantitative estimate of drug-likeness (QED) is 0.853. The molecule has 2 aromatic rings. The van der Waals surface area contributed by atoms with Gasteiger partial charge in [0.15, 0.2) is 0 Å². The summed E-state index contributed by atoms with van der Waals surface area (Å²) in [6.45, 7) is 1.14. The van der Waals surface area contributed by atoms with Gasteiger partial charge in [-0.3, -0.25) is 0 Å². The van der Waals surface area contributed by atoms with Crippen LogP contribution >= 0.6 is 0 Å². The van der Waals surface area contributed by atoms with E-state index in [0.717, 1.165) is 37.1 Å². The standard InChI is InChI=1S/C17H23N3O3S/c1-18-10-2-6-14(18)15-7-3-11-19(15)24(21,22)20-12-4-8-16(20)17-9-5-13-23-17/h2,5-6,9-10,13,15-16H,3-4,7-8,11-12H2,1H3/t15-,16-/m0/s1. The zero-order valence-electron chi connectivity index (χ0n) is 13.8. The van der Waals surface area contributed by atoms with Crippen LogP contribution in [0.2, 0.25) is 0 Å². The van der Waals surface area contributed by atoms with E-state index in [-0.39, 0.29) is 12.1 Å². The first-order valence-electron chi connectivity index (χ1n) is 8.52. The molecule has 2 aromatic heterocycles. The number of furan rings is 1. The van der Waals surface area contributed by atoms with Crippen LogP contribution in [0.4, 0.5) is 0 Å². The average Bonchev–Trinajstić information content (AvgIpc) is 3.32. The fourth-order valence-electron chi connectivity index (χ4n) is 4.05. The number of hydrogen-bond donors (Lipinski definition) is 0. The van der Waals surface area contributed by atoms with Gasteiger partial charge in [-0.1, -0.05) is 0 Å². The Kier molecular flexibility index (Phi) is 4.02. The maximum absolute atomic E-state index is 13.4. The second-order valence-electron chi connectivity index (χ2n) is 6.60. The molecular weight excluding hydrogens is 326 g/mol. The Hall–Kier alpha value is -1.57. The van der Waals surface area contributed by atoms with Crippen molar-refractivity contribution in [2.75, 3.05) is 13.1 Å². The average molecular weight is 349 g/mol. The SMILES string of the molecule is Cn1cccc1[C@@H]1CCCN1S(=O)(=O)N1CCC[C@H]1c1ccco1. The van der Waals surface area contributed by atoms with Gasteiger partial charge in [-0.05, 0) is 49.9 Å². The number of hydrogen-bond acceptors (Lipinski definition) is 3. The van der Waals surface area contributed by atoms with Crippen LogP contribution in [0.25, 0.3) is 0 Å². The Morgan fingerprint density at radius 1 is 1.04 bits per heavy atom. The third-order valence-electron chi connectivity index (χ3n) is 5.20. The summed E-state index contributed by atoms with van der Waals surface area (Å²) in [6, 6.07) is 7.43. The smallest absolute Gasteiger partial charge is 0.283 e. The molecular formula is C17H23N3O3S. The van der Waals surface area contributed by atoms with Crippen molar-refractivity contribution in [3.63, 3.8) is 0 Å². The van der Waals surface area contributed by atoms with E-state index in [2.05, 4.69) is 0 Å². The summed E-state index contributed by atoms with van der Waals surface area (Å²) in [4.78, 5) is 0. The second-order valence-corrected chi connectivity index (χ2v) is 8.44. The minimum absolute atomic E-state index is 0.0761. The van der Waals surface area contributed by atoms with Crippen molar-refractivity contribution in [1.82, 2.24) is 13.2 Å². The lowest BCUT2D eigenvalue weighted by Crippen LogP contribution is -2.43. The van der Waals surface area contributed by atoms with Gasteiger partial charge in [-0.15, -0.1) is 0 Å². The van der Waals surface area contributed by atoms with E-state index in [1.54, 1.807) is 14.9 Å². The van der Waals surface area contributed by atoms with Crippen LogP contribution in [0, 0.1) is 0 Å². The summed E-state index contributed by atoms with van der Waals surface area (Å²) < 4.78 is 37.5. The van der Waals surface area contributed by atoms with E-state index in [0.29, 0.717) is 13.1 Å². The Bertz CT molecular complexity index is 797. The summed E-state index contributed by atoms with van der Waals surface area (Å²) in [5, 5.41) is 0. The fourth-order valence-corrected chi connectivity index (χ4v) is 6.10. The van der Waals surface area contributed by atoms with Crippen LogP contribution in [0.5, 0.6) is 0 Å². The van der Waals surface area contributed by atoms with Gasteiger partial charge in [0.05, 0.1) is 18.3 Å². The normalized spacial score (nSPS) is 26.4. The predicted octanol–water partition coefficient (Wildman–Crippen LogP) is 2.84. The molecule has 0 bridgehead atoms. The molecule has 2 saturated heterocycles. The summed E-state index contributed by atoms with van der Waals surface area (Å²) in [6.07, 6.45) is 7.04. The van der Waals surface area contributed by atoms with Crippen molar-refractivity contribution in [2.24, 2.45) is 7.05 Å². The van der Waals surface area contributed by atoms with Gasteiger partial charge in [0.1, 0.15) is 5.76 Å². The molecule has 0 aromatic carbocycles. The summed E-state index contributed by atoms with van der Waals surface area (Å²) >= 11 is 0. The second kappa shape index (κ2) is 6.06. The van der Waals surface area contributed by atoms with E-state index >= 15 is 0 Å². The zero-order chi connectivity index (χ0) is 16.7. The summed E-state index contributed by atoms with van der Waals surface area (Å²) in [5.74, 6) is 0.741. The first-order chi connectivity index (χ1) is 11.6. The van der Waals surface area contributed by atoms with Gasteiger partial charge < -0.3 is 8.98 Å². The maximum atomic E-state index is 13.4. The third kappa shape index (κ3) is 2.51. The van der Waals surface area contributed by atoms with E-state index < -0.39 is 10.2 Å². The number of nitrogens with zero attached hydrogens (tertiary/aromatic N) is 3. The molecule has 0 N–H and O–H groups in total. The molecule has 2 aliphatic heterocycles. The van der Waals surface area contributed by atoms with Crippen LogP contribution in [0.1, 0.15) is 49.2 Å². The Morgan fingerprint density at radius 3 is 2.38 bits per heavy atom. The maximum Gasteiger partial charge on any atom is 0.283 e. The van der Waals surface area contributed by atoms with E-state index in [4.69, 9.17) is 4.42 Å². The van der Waals surface area contributed by atoms with Gasteiger partial charge in [0, 0.05) is 32.0 Å². The molecule has 2 aliphatic rings. The Balaban J connectivity index is 1.65. The molecule has 0 spiro atoms. The predicted molar refractivity (Wildman–Crippen MR) is 90.4 cm³/mol. The monoisotopic (exact) mass is 349 g/mol. The Morgan fingerprint density at radius 2 is 1.75 bits per heavy atom. The molecule has 24 heavy (non-hydrogen) atoms. The van der Waals surface area contributed by atoms with E-state index in [9.17, 15) is 8.42 Å². The summed E-state index contributed by atoms with van der Waals surface area (Å²) in [7, 11) is -1.54. The van der Waals surface area contributed by atoms with Gasteiger partial charge in [0.25, 0.3) is 10.2 Å². The van der Waals surface area contributed by atoms with Crippen LogP contribution in [0.15, 0.2) is 41.1 Å². The number of aromatic nitrogens is 1. The van der Waals surface area contributed by atoms with Gasteiger partial charge in [-0.25, -0.2) is 0 Å². The molecule has 0 amide bonds.